The van der Waals surface area contributed by atoms with Gasteiger partial charge in [-0.25, -0.2) is 8.42 Å². The molecule has 0 unspecified atom stereocenters. The molecule has 14 heavy (non-hydrogen) atoms. The molecule has 0 radical (unpaired) electrons. The molecule has 0 aromatic heterocycles. The first kappa shape index (κ1) is 11.9. The average Bonchev–Trinajstić information content (AvgIpc) is 2.19. The second kappa shape index (κ2) is 4.16. The van der Waals surface area contributed by atoms with E-state index in [1.807, 2.05) is 4.90 Å². The summed E-state index contributed by atoms with van der Waals surface area (Å²) in [4.78, 5) is 1.33. The molecule has 1 fully saturated rings. The van der Waals surface area contributed by atoms with Gasteiger partial charge < -0.3 is 5.32 Å². The van der Waals surface area contributed by atoms with E-state index in [0.717, 1.165) is 26.2 Å². The molecule has 1 saturated heterocycles. The molecule has 1 rings (SSSR count). The lowest BCUT2D eigenvalue weighted by molar-refractivity contribution is 0.163. The van der Waals surface area contributed by atoms with Gasteiger partial charge in [0.15, 0.2) is 9.84 Å². The van der Waals surface area contributed by atoms with Crippen LogP contribution in [0.15, 0.2) is 0 Å². The summed E-state index contributed by atoms with van der Waals surface area (Å²) < 4.78 is 23.7. The predicted molar refractivity (Wildman–Crippen MR) is 58.0 cm³/mol. The van der Waals surface area contributed by atoms with Gasteiger partial charge >= 0.3 is 0 Å². The monoisotopic (exact) mass is 220 g/mol. The summed E-state index contributed by atoms with van der Waals surface area (Å²) in [6, 6.07) is 0. The molecule has 5 heteroatoms. The molecule has 0 bridgehead atoms. The van der Waals surface area contributed by atoms with Crippen molar-refractivity contribution in [2.24, 2.45) is 0 Å². The molecule has 1 aliphatic heterocycles. The Balaban J connectivity index is 2.82. The minimum atomic E-state index is -3.00. The van der Waals surface area contributed by atoms with Crippen LogP contribution in [0, 0.1) is 0 Å². The number of sulfone groups is 1. The third kappa shape index (κ3) is 2.10. The molecule has 0 atom stereocenters. The highest BCUT2D eigenvalue weighted by Crippen LogP contribution is 2.22. The summed E-state index contributed by atoms with van der Waals surface area (Å²) in [5.74, 6) is 0.212. The van der Waals surface area contributed by atoms with Gasteiger partial charge in [-0.2, -0.15) is 0 Å². The maximum atomic E-state index is 11.9. The Hall–Kier alpha value is -0.130. The van der Waals surface area contributed by atoms with Crippen LogP contribution in [-0.4, -0.2) is 50.1 Å². The Morgan fingerprint density at radius 1 is 1.29 bits per heavy atom. The maximum Gasteiger partial charge on any atom is 0.168 e. The molecule has 1 heterocycles. The molecular formula is C9H20N2O2S. The zero-order chi connectivity index (χ0) is 10.8. The van der Waals surface area contributed by atoms with Crippen molar-refractivity contribution >= 4 is 9.84 Å². The van der Waals surface area contributed by atoms with E-state index in [1.54, 1.807) is 20.8 Å². The van der Waals surface area contributed by atoms with Crippen molar-refractivity contribution in [3.05, 3.63) is 0 Å². The summed E-state index contributed by atoms with van der Waals surface area (Å²) in [7, 11) is -3.00. The van der Waals surface area contributed by atoms with E-state index in [4.69, 9.17) is 0 Å². The lowest BCUT2D eigenvalue weighted by Gasteiger charge is -2.40. The van der Waals surface area contributed by atoms with Crippen molar-refractivity contribution in [1.29, 1.82) is 0 Å². The SMILES string of the molecule is CCS(=O)(=O)C(C)(C)N1CCNCC1. The predicted octanol–water partition coefficient (Wildman–Crippen LogP) is 0.0624. The third-order valence-electron chi connectivity index (χ3n) is 3.02. The zero-order valence-corrected chi connectivity index (χ0v) is 10.0. The summed E-state index contributed by atoms with van der Waals surface area (Å²) >= 11 is 0. The van der Waals surface area contributed by atoms with E-state index in [0.29, 0.717) is 0 Å². The van der Waals surface area contributed by atoms with E-state index in [1.165, 1.54) is 0 Å². The minimum Gasteiger partial charge on any atom is -0.314 e. The van der Waals surface area contributed by atoms with Crippen LogP contribution in [0.1, 0.15) is 20.8 Å². The van der Waals surface area contributed by atoms with Gasteiger partial charge in [0.2, 0.25) is 0 Å². The molecule has 0 amide bonds. The highest BCUT2D eigenvalue weighted by molar-refractivity contribution is 7.92. The fraction of sp³-hybridized carbons (Fsp3) is 1.00. The molecular weight excluding hydrogens is 200 g/mol. The van der Waals surface area contributed by atoms with Gasteiger partial charge in [-0.1, -0.05) is 6.92 Å². The molecule has 0 aliphatic carbocycles. The second-order valence-electron chi connectivity index (χ2n) is 4.09. The number of nitrogens with zero attached hydrogens (tertiary/aromatic N) is 1. The van der Waals surface area contributed by atoms with Crippen molar-refractivity contribution in [3.63, 3.8) is 0 Å². The summed E-state index contributed by atoms with van der Waals surface area (Å²) in [6.45, 7) is 8.69. The first-order valence-corrected chi connectivity index (χ1v) is 6.75. The first-order valence-electron chi connectivity index (χ1n) is 5.10. The number of hydrogen-bond donors (Lipinski definition) is 1. The molecule has 1 N–H and O–H groups in total. The molecule has 0 aromatic rings. The quantitative estimate of drug-likeness (QED) is 0.731. The average molecular weight is 220 g/mol. The Morgan fingerprint density at radius 2 is 1.79 bits per heavy atom. The van der Waals surface area contributed by atoms with Gasteiger partial charge in [0.25, 0.3) is 0 Å². The van der Waals surface area contributed by atoms with Gasteiger partial charge in [0.05, 0.1) is 0 Å². The summed E-state index contributed by atoms with van der Waals surface area (Å²) in [5.41, 5.74) is 0. The van der Waals surface area contributed by atoms with Gasteiger partial charge in [0.1, 0.15) is 4.87 Å². The second-order valence-corrected chi connectivity index (χ2v) is 6.89. The molecule has 0 aromatic carbocycles. The summed E-state index contributed by atoms with van der Waals surface area (Å²) in [6.07, 6.45) is 0. The van der Waals surface area contributed by atoms with Crippen LogP contribution in [0.5, 0.6) is 0 Å². The van der Waals surface area contributed by atoms with E-state index >= 15 is 0 Å². The standard InChI is InChI=1S/C9H20N2O2S/c1-4-14(12,13)9(2,3)11-7-5-10-6-8-11/h10H,4-8H2,1-3H3. The van der Waals surface area contributed by atoms with Crippen LogP contribution in [0.4, 0.5) is 0 Å². The Labute approximate surface area is 86.6 Å². The van der Waals surface area contributed by atoms with Crippen molar-refractivity contribution in [2.75, 3.05) is 31.9 Å². The molecule has 84 valence electrons. The normalized spacial score (nSPS) is 21.1. The fourth-order valence-corrected chi connectivity index (χ4v) is 3.04. The van der Waals surface area contributed by atoms with Crippen LogP contribution in [0.25, 0.3) is 0 Å². The molecule has 1 aliphatic rings. The maximum absolute atomic E-state index is 11.9. The lowest BCUT2D eigenvalue weighted by Crippen LogP contribution is -2.57. The van der Waals surface area contributed by atoms with Crippen molar-refractivity contribution < 1.29 is 8.42 Å². The first-order chi connectivity index (χ1) is 6.42. The molecule has 0 saturated carbocycles. The number of piperazine rings is 1. The minimum absolute atomic E-state index is 0.212. The Morgan fingerprint density at radius 3 is 2.21 bits per heavy atom. The van der Waals surface area contributed by atoms with Crippen molar-refractivity contribution in [2.45, 2.75) is 25.6 Å². The smallest absolute Gasteiger partial charge is 0.168 e. The molecule has 0 spiro atoms. The molecule has 4 nitrogen and oxygen atoms in total. The highest BCUT2D eigenvalue weighted by Gasteiger charge is 2.38. The van der Waals surface area contributed by atoms with E-state index in [2.05, 4.69) is 5.32 Å². The Bertz CT molecular complexity index is 279. The zero-order valence-electron chi connectivity index (χ0n) is 9.21. The van der Waals surface area contributed by atoms with Crippen molar-refractivity contribution in [3.8, 4) is 0 Å². The highest BCUT2D eigenvalue weighted by atomic mass is 32.2. The number of hydrogen-bond acceptors (Lipinski definition) is 4. The summed E-state index contributed by atoms with van der Waals surface area (Å²) in [5, 5.41) is 3.22. The van der Waals surface area contributed by atoms with Crippen LogP contribution in [0.3, 0.4) is 0 Å². The van der Waals surface area contributed by atoms with Gasteiger partial charge in [-0.3, -0.25) is 4.90 Å². The lowest BCUT2D eigenvalue weighted by atomic mass is 10.2. The fourth-order valence-electron chi connectivity index (χ4n) is 1.75. The van der Waals surface area contributed by atoms with E-state index < -0.39 is 14.7 Å². The van der Waals surface area contributed by atoms with Crippen LogP contribution in [-0.2, 0) is 9.84 Å². The van der Waals surface area contributed by atoms with Crippen molar-refractivity contribution in [1.82, 2.24) is 10.2 Å². The van der Waals surface area contributed by atoms with E-state index in [-0.39, 0.29) is 5.75 Å². The van der Waals surface area contributed by atoms with E-state index in [9.17, 15) is 8.42 Å². The van der Waals surface area contributed by atoms with Crippen LogP contribution >= 0.6 is 0 Å². The largest absolute Gasteiger partial charge is 0.314 e. The van der Waals surface area contributed by atoms with Crippen LogP contribution < -0.4 is 5.32 Å². The van der Waals surface area contributed by atoms with Gasteiger partial charge in [-0.15, -0.1) is 0 Å². The number of nitrogens with one attached hydrogen (secondary N) is 1. The van der Waals surface area contributed by atoms with Gasteiger partial charge in [0, 0.05) is 31.9 Å². The third-order valence-corrected chi connectivity index (χ3v) is 5.56. The Kier molecular flexibility index (Phi) is 3.55. The van der Waals surface area contributed by atoms with Crippen LogP contribution in [0.2, 0.25) is 0 Å². The number of rotatable bonds is 3. The van der Waals surface area contributed by atoms with Gasteiger partial charge in [-0.05, 0) is 13.8 Å². The topological polar surface area (TPSA) is 49.4 Å².